The fraction of sp³-hybridized carbons (Fsp3) is 0.333. The van der Waals surface area contributed by atoms with Gasteiger partial charge in [0.1, 0.15) is 11.4 Å². The predicted octanol–water partition coefficient (Wildman–Crippen LogP) is 3.31. The van der Waals surface area contributed by atoms with E-state index in [0.29, 0.717) is 11.1 Å². The molecule has 0 spiro atoms. The van der Waals surface area contributed by atoms with Crippen molar-refractivity contribution >= 4 is 16.9 Å². The van der Waals surface area contributed by atoms with Crippen molar-refractivity contribution in [3.05, 3.63) is 57.9 Å². The Hall–Kier alpha value is -2.93. The van der Waals surface area contributed by atoms with Gasteiger partial charge in [0, 0.05) is 59.8 Å². The zero-order valence-electron chi connectivity index (χ0n) is 15.4. The van der Waals surface area contributed by atoms with Crippen LogP contribution in [0.2, 0.25) is 0 Å². The second kappa shape index (κ2) is 6.04. The molecular weight excluding hydrogens is 361 g/mol. The molecule has 144 valence electrons. The molecule has 1 fully saturated rings. The van der Waals surface area contributed by atoms with E-state index < -0.39 is 17.2 Å². The van der Waals surface area contributed by atoms with E-state index in [9.17, 15) is 14.7 Å². The SMILES string of the molecule is C[C@H]1NCCn2cc(-c3cc4c(cc3F)c(=O)c(C(=O)O)cn4C3CC3)cc21. The number of fused-ring (bicyclic) bond motifs is 2. The highest BCUT2D eigenvalue weighted by Crippen LogP contribution is 2.38. The number of aromatic carboxylic acids is 1. The summed E-state index contributed by atoms with van der Waals surface area (Å²) in [5, 5.41) is 12.9. The van der Waals surface area contributed by atoms with Crippen LogP contribution in [0.3, 0.4) is 0 Å². The molecule has 1 saturated carbocycles. The van der Waals surface area contributed by atoms with E-state index in [0.717, 1.165) is 37.2 Å². The van der Waals surface area contributed by atoms with Crippen LogP contribution in [0, 0.1) is 5.82 Å². The number of rotatable bonds is 3. The van der Waals surface area contributed by atoms with Crippen LogP contribution in [0.15, 0.2) is 35.4 Å². The second-order valence-electron chi connectivity index (χ2n) is 7.69. The molecule has 0 saturated heterocycles. The molecule has 1 aliphatic carbocycles. The molecule has 1 atom stereocenters. The summed E-state index contributed by atoms with van der Waals surface area (Å²) in [6, 6.07) is 5.21. The summed E-state index contributed by atoms with van der Waals surface area (Å²) >= 11 is 0. The van der Waals surface area contributed by atoms with Gasteiger partial charge < -0.3 is 19.6 Å². The van der Waals surface area contributed by atoms with E-state index in [1.807, 2.05) is 16.8 Å². The summed E-state index contributed by atoms with van der Waals surface area (Å²) in [4.78, 5) is 24.1. The number of hydrogen-bond donors (Lipinski definition) is 2. The van der Waals surface area contributed by atoms with Crippen LogP contribution in [-0.2, 0) is 6.54 Å². The first-order chi connectivity index (χ1) is 13.4. The lowest BCUT2D eigenvalue weighted by atomic mass is 10.0. The number of nitrogens with one attached hydrogen (secondary N) is 1. The minimum Gasteiger partial charge on any atom is -0.477 e. The Morgan fingerprint density at radius 2 is 2.04 bits per heavy atom. The number of carboxylic acids is 1. The Bertz CT molecular complexity index is 1190. The van der Waals surface area contributed by atoms with E-state index >= 15 is 4.39 Å². The van der Waals surface area contributed by atoms with Crippen molar-refractivity contribution in [2.45, 2.75) is 38.4 Å². The van der Waals surface area contributed by atoms with E-state index in [4.69, 9.17) is 0 Å². The molecule has 2 aliphatic rings. The van der Waals surface area contributed by atoms with Crippen LogP contribution < -0.4 is 10.7 Å². The maximum atomic E-state index is 15.0. The summed E-state index contributed by atoms with van der Waals surface area (Å²) in [7, 11) is 0. The first-order valence-electron chi connectivity index (χ1n) is 9.49. The van der Waals surface area contributed by atoms with Crippen LogP contribution >= 0.6 is 0 Å². The molecule has 2 aromatic heterocycles. The van der Waals surface area contributed by atoms with Gasteiger partial charge in [-0.3, -0.25) is 4.79 Å². The van der Waals surface area contributed by atoms with Gasteiger partial charge in [0.05, 0.1) is 5.52 Å². The standard InChI is InChI=1S/C21H20FN3O3/c1-11-18-6-12(9-24(18)5-4-23-11)14-8-19-15(7-17(14)22)20(26)16(21(27)28)10-25(19)13-2-3-13/h6-11,13,23H,2-5H2,1H3,(H,27,28)/t11-/m1/s1. The molecule has 5 rings (SSSR count). The Kier molecular flexibility index (Phi) is 3.71. The molecule has 2 N–H and O–H groups in total. The van der Waals surface area contributed by atoms with E-state index in [2.05, 4.69) is 16.8 Å². The molecule has 0 radical (unpaired) electrons. The van der Waals surface area contributed by atoms with E-state index in [1.54, 1.807) is 6.07 Å². The fourth-order valence-electron chi connectivity index (χ4n) is 4.14. The molecule has 28 heavy (non-hydrogen) atoms. The number of nitrogens with zero attached hydrogens (tertiary/aromatic N) is 2. The summed E-state index contributed by atoms with van der Waals surface area (Å²) < 4.78 is 19.0. The molecule has 0 amide bonds. The predicted molar refractivity (Wildman–Crippen MR) is 103 cm³/mol. The second-order valence-corrected chi connectivity index (χ2v) is 7.69. The Balaban J connectivity index is 1.75. The van der Waals surface area contributed by atoms with Crippen molar-refractivity contribution in [2.24, 2.45) is 0 Å². The quantitative estimate of drug-likeness (QED) is 0.730. The van der Waals surface area contributed by atoms with Crippen LogP contribution in [0.1, 0.15) is 47.9 Å². The molecule has 1 aliphatic heterocycles. The normalized spacial score (nSPS) is 19.0. The first kappa shape index (κ1) is 17.2. The van der Waals surface area contributed by atoms with Crippen molar-refractivity contribution in [1.82, 2.24) is 14.5 Å². The summed E-state index contributed by atoms with van der Waals surface area (Å²) in [6.45, 7) is 3.76. The van der Waals surface area contributed by atoms with E-state index in [-0.39, 0.29) is 23.0 Å². The van der Waals surface area contributed by atoms with Crippen molar-refractivity contribution in [3.8, 4) is 11.1 Å². The van der Waals surface area contributed by atoms with Crippen LogP contribution in [0.4, 0.5) is 4.39 Å². The summed E-state index contributed by atoms with van der Waals surface area (Å²) in [5.41, 5.74) is 1.93. The third-order valence-corrected chi connectivity index (χ3v) is 5.78. The lowest BCUT2D eigenvalue weighted by Gasteiger charge is -2.22. The Labute approximate surface area is 160 Å². The van der Waals surface area contributed by atoms with Crippen LogP contribution in [-0.4, -0.2) is 26.8 Å². The number of aromatic nitrogens is 2. The molecule has 0 unspecified atom stereocenters. The van der Waals surface area contributed by atoms with Crippen molar-refractivity contribution in [3.63, 3.8) is 0 Å². The number of benzene rings is 1. The van der Waals surface area contributed by atoms with Gasteiger partial charge in [-0.2, -0.15) is 0 Å². The van der Waals surface area contributed by atoms with Gasteiger partial charge in [0.2, 0.25) is 5.43 Å². The number of carboxylic acid groups (broad SMARTS) is 1. The molecular formula is C21H20FN3O3. The highest BCUT2D eigenvalue weighted by Gasteiger charge is 2.28. The van der Waals surface area contributed by atoms with Crippen molar-refractivity contribution in [1.29, 1.82) is 0 Å². The molecule has 1 aromatic carbocycles. The zero-order valence-corrected chi connectivity index (χ0v) is 15.4. The first-order valence-corrected chi connectivity index (χ1v) is 9.49. The number of carbonyl (C=O) groups is 1. The van der Waals surface area contributed by atoms with E-state index in [1.165, 1.54) is 12.3 Å². The number of pyridine rings is 1. The minimum atomic E-state index is -1.28. The van der Waals surface area contributed by atoms with Crippen LogP contribution in [0.5, 0.6) is 0 Å². The fourth-order valence-corrected chi connectivity index (χ4v) is 4.14. The van der Waals surface area contributed by atoms with Gasteiger partial charge in [0.25, 0.3) is 0 Å². The van der Waals surface area contributed by atoms with Gasteiger partial charge in [0.15, 0.2) is 0 Å². The maximum absolute atomic E-state index is 15.0. The third-order valence-electron chi connectivity index (χ3n) is 5.78. The highest BCUT2D eigenvalue weighted by atomic mass is 19.1. The Morgan fingerprint density at radius 3 is 2.71 bits per heavy atom. The topological polar surface area (TPSA) is 76.3 Å². The number of halogens is 1. The molecule has 3 heterocycles. The van der Waals surface area contributed by atoms with Gasteiger partial charge in [-0.05, 0) is 38.0 Å². The highest BCUT2D eigenvalue weighted by molar-refractivity contribution is 5.94. The van der Waals surface area contributed by atoms with Crippen molar-refractivity contribution < 1.29 is 14.3 Å². The maximum Gasteiger partial charge on any atom is 0.341 e. The molecule has 0 bridgehead atoms. The average Bonchev–Trinajstić information content (AvgIpc) is 3.40. The van der Waals surface area contributed by atoms with Crippen molar-refractivity contribution in [2.75, 3.05) is 6.54 Å². The molecule has 3 aromatic rings. The molecule has 6 nitrogen and oxygen atoms in total. The van der Waals surface area contributed by atoms with Crippen LogP contribution in [0.25, 0.3) is 22.0 Å². The smallest absolute Gasteiger partial charge is 0.341 e. The van der Waals surface area contributed by atoms with Gasteiger partial charge in [-0.15, -0.1) is 0 Å². The molecule has 7 heteroatoms. The van der Waals surface area contributed by atoms with Gasteiger partial charge >= 0.3 is 5.97 Å². The van der Waals surface area contributed by atoms with Gasteiger partial charge in [-0.1, -0.05) is 0 Å². The Morgan fingerprint density at radius 1 is 1.25 bits per heavy atom. The third kappa shape index (κ3) is 2.57. The lowest BCUT2D eigenvalue weighted by Crippen LogP contribution is -2.30. The summed E-state index contributed by atoms with van der Waals surface area (Å²) in [6.07, 6.45) is 5.20. The minimum absolute atomic E-state index is 0.118. The largest absolute Gasteiger partial charge is 0.477 e. The lowest BCUT2D eigenvalue weighted by molar-refractivity contribution is 0.0695. The monoisotopic (exact) mass is 381 g/mol. The summed E-state index contributed by atoms with van der Waals surface area (Å²) in [5.74, 6) is -1.80. The average molecular weight is 381 g/mol. The van der Waals surface area contributed by atoms with Gasteiger partial charge in [-0.25, -0.2) is 9.18 Å². The zero-order chi connectivity index (χ0) is 19.6. The number of hydrogen-bond acceptors (Lipinski definition) is 3.